The Morgan fingerprint density at radius 1 is 0.818 bits per heavy atom. The quantitative estimate of drug-likeness (QED) is 0.0593. The van der Waals surface area contributed by atoms with Crippen LogP contribution in [0, 0.1) is 5.92 Å². The second-order valence-electron chi connectivity index (χ2n) is 17.7. The molecule has 3 heterocycles. The Balaban J connectivity index is 0.899. The van der Waals surface area contributed by atoms with Crippen LogP contribution in [0.5, 0.6) is 0 Å². The van der Waals surface area contributed by atoms with Crippen LogP contribution in [0.3, 0.4) is 0 Å². The van der Waals surface area contributed by atoms with Gasteiger partial charge in [-0.15, -0.1) is 11.8 Å². The van der Waals surface area contributed by atoms with Crippen molar-refractivity contribution in [2.75, 3.05) is 114 Å². The molecule has 1 amide bonds. The number of alkyl halides is 3. The van der Waals surface area contributed by atoms with Gasteiger partial charge in [0, 0.05) is 134 Å². The van der Waals surface area contributed by atoms with Crippen molar-refractivity contribution in [1.29, 1.82) is 0 Å². The molecule has 4 aromatic carbocycles. The van der Waals surface area contributed by atoms with Crippen LogP contribution in [-0.2, 0) is 9.53 Å². The summed E-state index contributed by atoms with van der Waals surface area (Å²) < 4.78 is 47.7. The van der Waals surface area contributed by atoms with Crippen LogP contribution in [0.15, 0.2) is 112 Å². The number of thioether (sulfide) groups is 2. The molecule has 0 bridgehead atoms. The van der Waals surface area contributed by atoms with E-state index in [1.165, 1.54) is 22.8 Å². The Labute approximate surface area is 401 Å². The Morgan fingerprint density at radius 2 is 1.52 bits per heavy atom. The highest BCUT2D eigenvalue weighted by atomic mass is 35.5. The molecule has 0 saturated carbocycles. The summed E-state index contributed by atoms with van der Waals surface area (Å²) in [6.45, 7) is 12.7. The molecule has 15 heteroatoms. The molecule has 1 N–H and O–H groups in total. The molecule has 0 spiro atoms. The number of anilines is 2. The topological polar surface area (TPSA) is 71.6 Å². The number of carbonyl (C=O) groups excluding carboxylic acids is 2. The molecule has 1 aliphatic carbocycles. The summed E-state index contributed by atoms with van der Waals surface area (Å²) in [7, 11) is 0. The number of rotatable bonds is 18. The van der Waals surface area contributed by atoms with Crippen LogP contribution in [0.25, 0.3) is 5.57 Å². The number of ketones is 1. The Hall–Kier alpha value is -4.02. The third kappa shape index (κ3) is 13.8. The number of hydrogen-bond acceptors (Lipinski definition) is 10. The minimum atomic E-state index is -4.53. The Bertz CT molecular complexity index is 2230. The fourth-order valence-corrected chi connectivity index (χ4v) is 11.3. The van der Waals surface area contributed by atoms with Crippen molar-refractivity contribution in [2.24, 2.45) is 5.92 Å². The molecule has 66 heavy (non-hydrogen) atoms. The molecule has 3 aliphatic heterocycles. The van der Waals surface area contributed by atoms with Crippen molar-refractivity contribution >= 4 is 64.3 Å². The van der Waals surface area contributed by atoms with Gasteiger partial charge < -0.3 is 19.9 Å². The van der Waals surface area contributed by atoms with Gasteiger partial charge in [-0.1, -0.05) is 47.5 Å². The average molecular weight is 962 g/mol. The standard InChI is InChI=1S/C51H60ClF3N6O3S2/c52-43-12-7-39(8-13-43)47-16-6-38(34-58-20-22-60(37-62)23-21-58)32-42(47)35-59-24-26-61(27-25-59)45-14-9-40(10-15-45)50(63)41-11-17-48(49(33-41)66-51(53,54)55)56-44(18-19-57-28-30-64-31-29-57)36-65-46-4-2-1-3-5-46/h1-5,7-15,17,33,37-38,44,56H,6,16,18-32,34-36H2. The zero-order valence-electron chi connectivity index (χ0n) is 37.4. The summed E-state index contributed by atoms with van der Waals surface area (Å²) >= 11 is 7.77. The summed E-state index contributed by atoms with van der Waals surface area (Å²) in [5.41, 5.74) is 1.70. The van der Waals surface area contributed by atoms with Gasteiger partial charge >= 0.3 is 5.51 Å². The molecule has 352 valence electrons. The van der Waals surface area contributed by atoms with Gasteiger partial charge in [-0.25, -0.2) is 0 Å². The molecule has 8 rings (SSSR count). The van der Waals surface area contributed by atoms with Crippen LogP contribution in [-0.4, -0.2) is 147 Å². The maximum atomic E-state index is 14.1. The molecule has 4 aliphatic rings. The maximum Gasteiger partial charge on any atom is 0.446 e. The van der Waals surface area contributed by atoms with E-state index in [0.717, 1.165) is 133 Å². The van der Waals surface area contributed by atoms with E-state index >= 15 is 0 Å². The zero-order chi connectivity index (χ0) is 45.9. The highest BCUT2D eigenvalue weighted by Gasteiger charge is 2.32. The van der Waals surface area contributed by atoms with Crippen molar-refractivity contribution in [1.82, 2.24) is 19.6 Å². The SMILES string of the molecule is O=CN1CCN(CC2CCC(c3ccc(Cl)cc3)=C(CN3CCN(c4ccc(C(=O)c5ccc(NC(CCN6CCOCC6)CSc6ccccc6)c(SC(F)(F)F)c5)cc4)CC3)C2)CC1. The number of benzene rings is 4. The number of nitrogens with zero attached hydrogens (tertiary/aromatic N) is 5. The molecule has 0 aromatic heterocycles. The number of halogens is 4. The van der Waals surface area contributed by atoms with E-state index in [0.29, 0.717) is 36.1 Å². The van der Waals surface area contributed by atoms with Crippen molar-refractivity contribution in [3.8, 4) is 0 Å². The first kappa shape index (κ1) is 48.4. The minimum absolute atomic E-state index is 0.0159. The van der Waals surface area contributed by atoms with E-state index in [-0.39, 0.29) is 34.0 Å². The second-order valence-corrected chi connectivity index (χ2v) is 20.4. The van der Waals surface area contributed by atoms with Crippen LogP contribution in [0.1, 0.15) is 47.2 Å². The van der Waals surface area contributed by atoms with E-state index in [4.69, 9.17) is 16.3 Å². The van der Waals surface area contributed by atoms with E-state index < -0.39 is 5.51 Å². The fourth-order valence-electron chi connectivity index (χ4n) is 9.54. The van der Waals surface area contributed by atoms with Crippen molar-refractivity contribution < 1.29 is 27.5 Å². The first-order chi connectivity index (χ1) is 32.0. The number of ether oxygens (including phenoxy) is 1. The first-order valence-corrected chi connectivity index (χ1v) is 25.4. The van der Waals surface area contributed by atoms with E-state index in [9.17, 15) is 22.8 Å². The fraction of sp³-hybridized carbons (Fsp3) is 0.451. The molecular weight excluding hydrogens is 901 g/mol. The van der Waals surface area contributed by atoms with Crippen LogP contribution in [0.2, 0.25) is 5.02 Å². The summed E-state index contributed by atoms with van der Waals surface area (Å²) in [5, 5.41) is 4.19. The molecule has 0 radical (unpaired) electrons. The second kappa shape index (κ2) is 23.3. The van der Waals surface area contributed by atoms with Crippen molar-refractivity contribution in [3.05, 3.63) is 124 Å². The van der Waals surface area contributed by atoms with Gasteiger partial charge in [0.15, 0.2) is 5.78 Å². The smallest absolute Gasteiger partial charge is 0.381 e. The van der Waals surface area contributed by atoms with E-state index in [2.05, 4.69) is 37.0 Å². The summed E-state index contributed by atoms with van der Waals surface area (Å²) in [6, 6.07) is 30.3. The van der Waals surface area contributed by atoms with Crippen LogP contribution < -0.4 is 10.2 Å². The third-order valence-electron chi connectivity index (χ3n) is 13.2. The Morgan fingerprint density at radius 3 is 2.21 bits per heavy atom. The van der Waals surface area contributed by atoms with Gasteiger partial charge in [0.1, 0.15) is 0 Å². The number of piperazine rings is 2. The predicted molar refractivity (Wildman–Crippen MR) is 263 cm³/mol. The minimum Gasteiger partial charge on any atom is -0.381 e. The summed E-state index contributed by atoms with van der Waals surface area (Å²) in [4.78, 5) is 37.8. The highest BCUT2D eigenvalue weighted by molar-refractivity contribution is 8.00. The lowest BCUT2D eigenvalue weighted by Gasteiger charge is -2.39. The lowest BCUT2D eigenvalue weighted by molar-refractivity contribution is -0.119. The lowest BCUT2D eigenvalue weighted by Crippen LogP contribution is -2.48. The molecule has 2 atom stereocenters. The Kier molecular flexibility index (Phi) is 17.1. The van der Waals surface area contributed by atoms with Crippen molar-refractivity contribution in [3.63, 3.8) is 0 Å². The first-order valence-electron chi connectivity index (χ1n) is 23.2. The number of carbonyl (C=O) groups is 2. The molecule has 3 fully saturated rings. The summed E-state index contributed by atoms with van der Waals surface area (Å²) in [6.07, 6.45) is 4.94. The molecule has 2 unspecified atom stereocenters. The maximum absolute atomic E-state index is 14.1. The number of nitrogens with one attached hydrogen (secondary N) is 1. The van der Waals surface area contributed by atoms with E-state index in [1.807, 2.05) is 59.5 Å². The molecule has 9 nitrogen and oxygen atoms in total. The van der Waals surface area contributed by atoms with Gasteiger partial charge in [0.05, 0.1) is 13.2 Å². The number of allylic oxidation sites excluding steroid dienone is 1. The van der Waals surface area contributed by atoms with Gasteiger partial charge in [-0.3, -0.25) is 24.3 Å². The lowest BCUT2D eigenvalue weighted by atomic mass is 9.80. The van der Waals surface area contributed by atoms with Crippen LogP contribution in [0.4, 0.5) is 24.5 Å². The van der Waals surface area contributed by atoms with Gasteiger partial charge in [0.2, 0.25) is 6.41 Å². The molecule has 4 aromatic rings. The monoisotopic (exact) mass is 960 g/mol. The average Bonchev–Trinajstić information content (AvgIpc) is 3.34. The number of amides is 1. The van der Waals surface area contributed by atoms with Crippen molar-refractivity contribution in [2.45, 2.75) is 47.0 Å². The molecular formula is C51H60ClF3N6O3S2. The normalized spacial score (nSPS) is 19.8. The van der Waals surface area contributed by atoms with Crippen LogP contribution >= 0.6 is 35.1 Å². The summed E-state index contributed by atoms with van der Waals surface area (Å²) in [5.74, 6) is 0.924. The van der Waals surface area contributed by atoms with Gasteiger partial charge in [-0.2, -0.15) is 13.2 Å². The molecule has 3 saturated heterocycles. The van der Waals surface area contributed by atoms with Gasteiger partial charge in [-0.05, 0) is 121 Å². The van der Waals surface area contributed by atoms with E-state index in [1.54, 1.807) is 36.0 Å². The highest BCUT2D eigenvalue weighted by Crippen LogP contribution is 2.42. The third-order valence-corrected chi connectivity index (χ3v) is 15.4. The predicted octanol–water partition coefficient (Wildman–Crippen LogP) is 9.63. The largest absolute Gasteiger partial charge is 0.446 e. The number of morpholine rings is 1. The number of hydrogen-bond donors (Lipinski definition) is 1. The van der Waals surface area contributed by atoms with Gasteiger partial charge in [0.25, 0.3) is 0 Å². The zero-order valence-corrected chi connectivity index (χ0v) is 39.8.